The van der Waals surface area contributed by atoms with Crippen molar-refractivity contribution in [3.8, 4) is 12.3 Å². The van der Waals surface area contributed by atoms with Crippen molar-refractivity contribution in [2.45, 2.75) is 12.5 Å². The first-order valence-electron chi connectivity index (χ1n) is 3.16. The average Bonchev–Trinajstić information content (AvgIpc) is 2.20. The Bertz CT molecular complexity index is 183. The molecule has 1 saturated heterocycles. The van der Waals surface area contributed by atoms with Crippen LogP contribution in [0.3, 0.4) is 0 Å². The van der Waals surface area contributed by atoms with Crippen LogP contribution in [0.15, 0.2) is 0 Å². The van der Waals surface area contributed by atoms with E-state index in [1.807, 2.05) is 0 Å². The number of nitrogens with zero attached hydrogens (tertiary/aromatic N) is 1. The molecular formula is C7H9NO2. The van der Waals surface area contributed by atoms with Crippen molar-refractivity contribution < 1.29 is 9.90 Å². The summed E-state index contributed by atoms with van der Waals surface area (Å²) in [5, 5.41) is 8.93. The van der Waals surface area contributed by atoms with E-state index in [4.69, 9.17) is 11.5 Å². The zero-order valence-corrected chi connectivity index (χ0v) is 5.58. The molecule has 1 aliphatic rings. The van der Waals surface area contributed by atoms with E-state index in [0.717, 1.165) is 0 Å². The van der Waals surface area contributed by atoms with Crippen molar-refractivity contribution in [1.82, 2.24) is 4.90 Å². The van der Waals surface area contributed by atoms with Crippen molar-refractivity contribution >= 4 is 5.91 Å². The number of carbonyl (C=O) groups excluding carboxylic acids is 1. The Morgan fingerprint density at radius 3 is 3.00 bits per heavy atom. The Balaban J connectivity index is 2.51. The summed E-state index contributed by atoms with van der Waals surface area (Å²) in [5.41, 5.74) is 0. The van der Waals surface area contributed by atoms with Gasteiger partial charge in [-0.15, -0.1) is 6.42 Å². The summed E-state index contributed by atoms with van der Waals surface area (Å²) in [6.07, 6.45) is 4.69. The number of aliphatic hydroxyl groups excluding tert-OH is 1. The van der Waals surface area contributed by atoms with Gasteiger partial charge in [0.25, 0.3) is 5.91 Å². The highest BCUT2D eigenvalue weighted by Gasteiger charge is 2.28. The Labute approximate surface area is 59.6 Å². The van der Waals surface area contributed by atoms with Crippen LogP contribution in [0, 0.1) is 12.3 Å². The maximum Gasteiger partial charge on any atom is 0.252 e. The lowest BCUT2D eigenvalue weighted by Gasteiger charge is -2.10. The molecule has 1 rings (SSSR count). The molecule has 0 saturated carbocycles. The number of terminal acetylenes is 1. The van der Waals surface area contributed by atoms with E-state index in [1.165, 1.54) is 4.90 Å². The minimum Gasteiger partial charge on any atom is -0.383 e. The van der Waals surface area contributed by atoms with E-state index in [1.54, 1.807) is 0 Å². The fraction of sp³-hybridized carbons (Fsp3) is 0.571. The predicted molar refractivity (Wildman–Crippen MR) is 36.0 cm³/mol. The van der Waals surface area contributed by atoms with Crippen LogP contribution in [0.5, 0.6) is 0 Å². The molecule has 0 aromatic carbocycles. The fourth-order valence-electron chi connectivity index (χ4n) is 0.990. The molecular weight excluding hydrogens is 130 g/mol. The molecule has 0 aromatic rings. The molecule has 0 aromatic heterocycles. The summed E-state index contributed by atoms with van der Waals surface area (Å²) in [5.74, 6) is 2.12. The smallest absolute Gasteiger partial charge is 0.252 e. The molecule has 3 nitrogen and oxygen atoms in total. The van der Waals surface area contributed by atoms with Crippen molar-refractivity contribution in [3.05, 3.63) is 0 Å². The normalized spacial score (nSPS) is 25.0. The van der Waals surface area contributed by atoms with Crippen LogP contribution in [0.2, 0.25) is 0 Å². The van der Waals surface area contributed by atoms with Crippen LogP contribution in [-0.4, -0.2) is 35.1 Å². The standard InChI is InChI=1S/C7H9NO2/c1-2-4-8-5-3-6(9)7(8)10/h1,6,9H,3-5H2. The van der Waals surface area contributed by atoms with Gasteiger partial charge >= 0.3 is 0 Å². The number of likely N-dealkylation sites (tertiary alicyclic amines) is 1. The van der Waals surface area contributed by atoms with E-state index in [2.05, 4.69) is 5.92 Å². The largest absolute Gasteiger partial charge is 0.383 e. The quantitative estimate of drug-likeness (QED) is 0.484. The lowest BCUT2D eigenvalue weighted by atomic mass is 10.3. The van der Waals surface area contributed by atoms with E-state index < -0.39 is 6.10 Å². The number of carbonyl (C=O) groups is 1. The van der Waals surface area contributed by atoms with Crippen LogP contribution in [0.1, 0.15) is 6.42 Å². The van der Waals surface area contributed by atoms with Gasteiger partial charge in [-0.2, -0.15) is 0 Å². The third kappa shape index (κ3) is 1.12. The molecule has 1 heterocycles. The van der Waals surface area contributed by atoms with Crippen LogP contribution in [0.25, 0.3) is 0 Å². The first kappa shape index (κ1) is 7.10. The van der Waals surface area contributed by atoms with E-state index >= 15 is 0 Å². The number of amides is 1. The van der Waals surface area contributed by atoms with E-state index in [-0.39, 0.29) is 5.91 Å². The van der Waals surface area contributed by atoms with Crippen LogP contribution in [0.4, 0.5) is 0 Å². The first-order chi connectivity index (χ1) is 4.75. The summed E-state index contributed by atoms with van der Waals surface area (Å²) < 4.78 is 0. The van der Waals surface area contributed by atoms with Crippen molar-refractivity contribution in [3.63, 3.8) is 0 Å². The van der Waals surface area contributed by atoms with Gasteiger partial charge in [0, 0.05) is 6.54 Å². The number of rotatable bonds is 1. The summed E-state index contributed by atoms with van der Waals surface area (Å²) in [7, 11) is 0. The highest BCUT2D eigenvalue weighted by atomic mass is 16.3. The summed E-state index contributed by atoms with van der Waals surface area (Å²) in [6.45, 7) is 0.903. The molecule has 1 atom stereocenters. The lowest BCUT2D eigenvalue weighted by Crippen LogP contribution is -2.29. The summed E-state index contributed by atoms with van der Waals surface area (Å²) in [6, 6.07) is 0. The van der Waals surface area contributed by atoms with Crippen molar-refractivity contribution in [2.75, 3.05) is 13.1 Å². The molecule has 0 aliphatic carbocycles. The second-order valence-electron chi connectivity index (χ2n) is 2.27. The summed E-state index contributed by atoms with van der Waals surface area (Å²) in [4.78, 5) is 12.4. The highest BCUT2D eigenvalue weighted by Crippen LogP contribution is 2.08. The van der Waals surface area contributed by atoms with Crippen molar-refractivity contribution in [1.29, 1.82) is 0 Å². The van der Waals surface area contributed by atoms with Gasteiger partial charge in [-0.05, 0) is 6.42 Å². The average molecular weight is 139 g/mol. The Kier molecular flexibility index (Phi) is 1.93. The van der Waals surface area contributed by atoms with Crippen molar-refractivity contribution in [2.24, 2.45) is 0 Å². The zero-order chi connectivity index (χ0) is 7.56. The van der Waals surface area contributed by atoms with Crippen LogP contribution >= 0.6 is 0 Å². The Morgan fingerprint density at radius 2 is 2.60 bits per heavy atom. The molecule has 0 bridgehead atoms. The number of aliphatic hydroxyl groups is 1. The third-order valence-corrected chi connectivity index (χ3v) is 1.55. The number of hydrogen-bond acceptors (Lipinski definition) is 2. The fourth-order valence-corrected chi connectivity index (χ4v) is 0.990. The SMILES string of the molecule is C#CCN1CCC(O)C1=O. The molecule has 0 radical (unpaired) electrons. The van der Waals surface area contributed by atoms with Gasteiger partial charge in [0.1, 0.15) is 6.10 Å². The van der Waals surface area contributed by atoms with Gasteiger partial charge in [0.15, 0.2) is 0 Å². The molecule has 1 fully saturated rings. The van der Waals surface area contributed by atoms with E-state index in [0.29, 0.717) is 19.5 Å². The van der Waals surface area contributed by atoms with Gasteiger partial charge in [0.05, 0.1) is 6.54 Å². The minimum atomic E-state index is -0.812. The Morgan fingerprint density at radius 1 is 1.90 bits per heavy atom. The molecule has 1 aliphatic heterocycles. The Hall–Kier alpha value is -1.01. The first-order valence-corrected chi connectivity index (χ1v) is 3.16. The molecule has 1 N–H and O–H groups in total. The van der Waals surface area contributed by atoms with Gasteiger partial charge in [-0.25, -0.2) is 0 Å². The monoisotopic (exact) mass is 139 g/mol. The predicted octanol–water partition coefficient (Wildman–Crippen LogP) is -0.787. The zero-order valence-electron chi connectivity index (χ0n) is 5.58. The second-order valence-corrected chi connectivity index (χ2v) is 2.27. The highest BCUT2D eigenvalue weighted by molar-refractivity contribution is 5.82. The molecule has 54 valence electrons. The van der Waals surface area contributed by atoms with Gasteiger partial charge < -0.3 is 10.0 Å². The number of hydrogen-bond donors (Lipinski definition) is 1. The summed E-state index contributed by atoms with van der Waals surface area (Å²) >= 11 is 0. The maximum atomic E-state index is 10.9. The molecule has 1 unspecified atom stereocenters. The topological polar surface area (TPSA) is 40.5 Å². The molecule has 1 amide bonds. The van der Waals surface area contributed by atoms with Gasteiger partial charge in [0.2, 0.25) is 0 Å². The third-order valence-electron chi connectivity index (χ3n) is 1.55. The van der Waals surface area contributed by atoms with E-state index in [9.17, 15) is 4.79 Å². The van der Waals surface area contributed by atoms with Gasteiger partial charge in [-0.1, -0.05) is 5.92 Å². The second kappa shape index (κ2) is 2.72. The lowest BCUT2D eigenvalue weighted by molar-refractivity contribution is -0.133. The maximum absolute atomic E-state index is 10.9. The molecule has 0 spiro atoms. The van der Waals surface area contributed by atoms with Gasteiger partial charge in [-0.3, -0.25) is 4.79 Å². The van der Waals surface area contributed by atoms with Crippen LogP contribution < -0.4 is 0 Å². The molecule has 3 heteroatoms. The minimum absolute atomic E-state index is 0.238. The molecule has 10 heavy (non-hydrogen) atoms. The van der Waals surface area contributed by atoms with Crippen LogP contribution in [-0.2, 0) is 4.79 Å².